The summed E-state index contributed by atoms with van der Waals surface area (Å²) in [5, 5.41) is 6.12. The predicted octanol–water partition coefficient (Wildman–Crippen LogP) is 1.12. The first-order chi connectivity index (χ1) is 6.22. The normalized spacial score (nSPS) is 10.2. The van der Waals surface area contributed by atoms with Crippen LogP contribution in [-0.4, -0.2) is 27.5 Å². The van der Waals surface area contributed by atoms with Crippen LogP contribution < -0.4 is 10.6 Å². The summed E-state index contributed by atoms with van der Waals surface area (Å²) in [4.78, 5) is 12.1. The van der Waals surface area contributed by atoms with Crippen molar-refractivity contribution in [2.45, 2.75) is 26.8 Å². The lowest BCUT2D eigenvalue weighted by Gasteiger charge is -2.08. The summed E-state index contributed by atoms with van der Waals surface area (Å²) >= 11 is 0. The van der Waals surface area contributed by atoms with E-state index in [0.29, 0.717) is 17.9 Å². The van der Waals surface area contributed by atoms with Crippen molar-refractivity contribution in [2.24, 2.45) is 0 Å². The van der Waals surface area contributed by atoms with E-state index in [1.165, 1.54) is 6.33 Å². The molecule has 2 N–H and O–H groups in total. The Bertz CT molecular complexity index is 260. The van der Waals surface area contributed by atoms with Crippen LogP contribution >= 0.6 is 0 Å². The second-order valence-electron chi connectivity index (χ2n) is 2.96. The van der Waals surface area contributed by atoms with Gasteiger partial charge in [0.05, 0.1) is 0 Å². The Labute approximate surface area is 78.0 Å². The van der Waals surface area contributed by atoms with Crippen LogP contribution in [0.4, 0.5) is 11.9 Å². The van der Waals surface area contributed by atoms with E-state index in [4.69, 9.17) is 0 Å². The number of anilines is 2. The summed E-state index contributed by atoms with van der Waals surface area (Å²) in [5.41, 5.74) is 0. The van der Waals surface area contributed by atoms with E-state index in [2.05, 4.69) is 25.6 Å². The van der Waals surface area contributed by atoms with Gasteiger partial charge in [0, 0.05) is 12.6 Å². The molecule has 0 amide bonds. The number of hydrogen-bond acceptors (Lipinski definition) is 5. The lowest BCUT2D eigenvalue weighted by atomic mass is 10.4. The van der Waals surface area contributed by atoms with Crippen molar-refractivity contribution in [3.05, 3.63) is 6.33 Å². The smallest absolute Gasteiger partial charge is 0.227 e. The van der Waals surface area contributed by atoms with Gasteiger partial charge < -0.3 is 10.6 Å². The number of rotatable bonds is 4. The second kappa shape index (κ2) is 4.59. The van der Waals surface area contributed by atoms with Gasteiger partial charge in [-0.05, 0) is 20.8 Å². The molecule has 0 atom stereocenters. The third-order valence-corrected chi connectivity index (χ3v) is 1.32. The summed E-state index contributed by atoms with van der Waals surface area (Å²) in [6, 6.07) is 0.330. The number of hydrogen-bond donors (Lipinski definition) is 2. The van der Waals surface area contributed by atoms with Gasteiger partial charge in [-0.1, -0.05) is 0 Å². The highest BCUT2D eigenvalue weighted by atomic mass is 15.2. The maximum atomic E-state index is 4.16. The van der Waals surface area contributed by atoms with Crippen molar-refractivity contribution in [3.63, 3.8) is 0 Å². The Kier molecular flexibility index (Phi) is 3.42. The highest BCUT2D eigenvalue weighted by Gasteiger charge is 1.99. The summed E-state index contributed by atoms with van der Waals surface area (Å²) in [7, 11) is 0. The van der Waals surface area contributed by atoms with Crippen LogP contribution in [0, 0.1) is 0 Å². The number of nitrogens with one attached hydrogen (secondary N) is 2. The Morgan fingerprint density at radius 2 is 2.00 bits per heavy atom. The Balaban J connectivity index is 2.67. The van der Waals surface area contributed by atoms with Gasteiger partial charge in [-0.3, -0.25) is 0 Å². The first-order valence-corrected chi connectivity index (χ1v) is 4.41. The van der Waals surface area contributed by atoms with Crippen LogP contribution in [-0.2, 0) is 0 Å². The Morgan fingerprint density at radius 3 is 2.62 bits per heavy atom. The molecular formula is C8H15N5. The zero-order chi connectivity index (χ0) is 9.68. The first kappa shape index (κ1) is 9.70. The molecule has 72 valence electrons. The van der Waals surface area contributed by atoms with Crippen molar-refractivity contribution in [3.8, 4) is 0 Å². The monoisotopic (exact) mass is 181 g/mol. The first-order valence-electron chi connectivity index (χ1n) is 4.41. The van der Waals surface area contributed by atoms with Crippen molar-refractivity contribution < 1.29 is 0 Å². The van der Waals surface area contributed by atoms with Crippen LogP contribution in [0.2, 0.25) is 0 Å². The highest BCUT2D eigenvalue weighted by Crippen LogP contribution is 2.02. The van der Waals surface area contributed by atoms with Crippen LogP contribution in [0.25, 0.3) is 0 Å². The molecule has 1 aromatic rings. The van der Waals surface area contributed by atoms with E-state index in [1.807, 2.05) is 20.8 Å². The van der Waals surface area contributed by atoms with E-state index in [1.54, 1.807) is 0 Å². The average Bonchev–Trinajstić information content (AvgIpc) is 2.04. The van der Waals surface area contributed by atoms with Gasteiger partial charge in [-0.2, -0.15) is 4.98 Å². The van der Waals surface area contributed by atoms with Crippen LogP contribution in [0.5, 0.6) is 0 Å². The molecule has 1 heterocycles. The van der Waals surface area contributed by atoms with Gasteiger partial charge >= 0.3 is 0 Å². The minimum atomic E-state index is 0.330. The lowest BCUT2D eigenvalue weighted by molar-refractivity contribution is 0.866. The molecule has 0 aliphatic carbocycles. The quantitative estimate of drug-likeness (QED) is 0.729. The van der Waals surface area contributed by atoms with E-state index < -0.39 is 0 Å². The molecule has 5 heteroatoms. The summed E-state index contributed by atoms with van der Waals surface area (Å²) in [5.74, 6) is 1.22. The van der Waals surface area contributed by atoms with Crippen molar-refractivity contribution >= 4 is 11.9 Å². The summed E-state index contributed by atoms with van der Waals surface area (Å²) in [6.45, 7) is 6.89. The van der Waals surface area contributed by atoms with Gasteiger partial charge in [0.25, 0.3) is 0 Å². The number of aromatic nitrogens is 3. The third-order valence-electron chi connectivity index (χ3n) is 1.32. The predicted molar refractivity (Wildman–Crippen MR) is 52.7 cm³/mol. The molecule has 5 nitrogen and oxygen atoms in total. The minimum Gasteiger partial charge on any atom is -0.354 e. The molecule has 0 spiro atoms. The third kappa shape index (κ3) is 3.23. The second-order valence-corrected chi connectivity index (χ2v) is 2.96. The molecule has 13 heavy (non-hydrogen) atoms. The SMILES string of the molecule is CCNc1ncnc(NC(C)C)n1. The Hall–Kier alpha value is -1.39. The molecule has 0 radical (unpaired) electrons. The fraction of sp³-hybridized carbons (Fsp3) is 0.625. The molecule has 0 unspecified atom stereocenters. The maximum absolute atomic E-state index is 4.16. The average molecular weight is 181 g/mol. The van der Waals surface area contributed by atoms with Gasteiger partial charge in [-0.25, -0.2) is 9.97 Å². The largest absolute Gasteiger partial charge is 0.354 e. The maximum Gasteiger partial charge on any atom is 0.227 e. The minimum absolute atomic E-state index is 0.330. The van der Waals surface area contributed by atoms with E-state index in [9.17, 15) is 0 Å². The molecular weight excluding hydrogens is 166 g/mol. The van der Waals surface area contributed by atoms with E-state index >= 15 is 0 Å². The molecule has 0 aliphatic heterocycles. The standard InChI is InChI=1S/C8H15N5/c1-4-9-7-10-5-11-8(13-7)12-6(2)3/h5-6H,4H2,1-3H3,(H2,9,10,11,12,13). The van der Waals surface area contributed by atoms with Gasteiger partial charge in [-0.15, -0.1) is 0 Å². The van der Waals surface area contributed by atoms with Crippen molar-refractivity contribution in [1.82, 2.24) is 15.0 Å². The van der Waals surface area contributed by atoms with Crippen LogP contribution in [0.15, 0.2) is 6.33 Å². The molecule has 0 saturated carbocycles. The molecule has 0 bridgehead atoms. The van der Waals surface area contributed by atoms with Crippen LogP contribution in [0.3, 0.4) is 0 Å². The summed E-state index contributed by atoms with van der Waals surface area (Å²) in [6.07, 6.45) is 1.50. The van der Waals surface area contributed by atoms with Gasteiger partial charge in [0.2, 0.25) is 11.9 Å². The number of nitrogens with zero attached hydrogens (tertiary/aromatic N) is 3. The highest BCUT2D eigenvalue weighted by molar-refractivity contribution is 5.32. The molecule has 1 rings (SSSR count). The van der Waals surface area contributed by atoms with E-state index in [0.717, 1.165) is 6.54 Å². The van der Waals surface area contributed by atoms with Gasteiger partial charge in [0.15, 0.2) is 0 Å². The topological polar surface area (TPSA) is 62.7 Å². The fourth-order valence-electron chi connectivity index (χ4n) is 0.867. The molecule has 0 fully saturated rings. The Morgan fingerprint density at radius 1 is 1.31 bits per heavy atom. The van der Waals surface area contributed by atoms with Crippen LogP contribution in [0.1, 0.15) is 20.8 Å². The molecule has 0 aromatic carbocycles. The van der Waals surface area contributed by atoms with Crippen molar-refractivity contribution in [1.29, 1.82) is 0 Å². The van der Waals surface area contributed by atoms with Crippen molar-refractivity contribution in [2.75, 3.05) is 17.2 Å². The van der Waals surface area contributed by atoms with E-state index in [-0.39, 0.29) is 0 Å². The zero-order valence-electron chi connectivity index (χ0n) is 8.20. The fourth-order valence-corrected chi connectivity index (χ4v) is 0.867. The zero-order valence-corrected chi connectivity index (χ0v) is 8.20. The molecule has 0 saturated heterocycles. The molecule has 1 aromatic heterocycles. The summed E-state index contributed by atoms with van der Waals surface area (Å²) < 4.78 is 0. The van der Waals surface area contributed by atoms with Gasteiger partial charge in [0.1, 0.15) is 6.33 Å². The molecule has 0 aliphatic rings. The lowest BCUT2D eigenvalue weighted by Crippen LogP contribution is -2.14.